The van der Waals surface area contributed by atoms with Crippen molar-refractivity contribution in [2.45, 2.75) is 12.8 Å². The first kappa shape index (κ1) is 16.5. The largest absolute Gasteiger partial charge is 0.326 e. The van der Waals surface area contributed by atoms with Crippen molar-refractivity contribution in [2.24, 2.45) is 0 Å². The summed E-state index contributed by atoms with van der Waals surface area (Å²) in [6.07, 6.45) is 1.52. The van der Waals surface area contributed by atoms with Gasteiger partial charge in [0.1, 0.15) is 5.69 Å². The molecular formula is C15H12BrClN2O3. The van der Waals surface area contributed by atoms with E-state index in [4.69, 9.17) is 11.6 Å². The van der Waals surface area contributed by atoms with Crippen LogP contribution in [0.4, 0.5) is 5.69 Å². The van der Waals surface area contributed by atoms with Crippen molar-refractivity contribution in [3.05, 3.63) is 61.9 Å². The van der Waals surface area contributed by atoms with Gasteiger partial charge in [0, 0.05) is 34.1 Å². The molecular weight excluding hydrogens is 372 g/mol. The van der Waals surface area contributed by atoms with Crippen molar-refractivity contribution in [3.8, 4) is 0 Å². The fraction of sp³-hybridized carbons (Fsp3) is 0.133. The fourth-order valence-corrected chi connectivity index (χ4v) is 2.24. The summed E-state index contributed by atoms with van der Waals surface area (Å²) in [5, 5.41) is 3.03. The Bertz CT molecular complexity index is 756. The van der Waals surface area contributed by atoms with Crippen molar-refractivity contribution in [1.29, 1.82) is 0 Å². The van der Waals surface area contributed by atoms with Crippen molar-refractivity contribution < 1.29 is 9.59 Å². The zero-order valence-electron chi connectivity index (χ0n) is 11.4. The molecule has 5 nitrogen and oxygen atoms in total. The monoisotopic (exact) mass is 382 g/mol. The van der Waals surface area contributed by atoms with E-state index in [2.05, 4.69) is 26.2 Å². The lowest BCUT2D eigenvalue weighted by atomic mass is 10.1. The Morgan fingerprint density at radius 2 is 1.86 bits per heavy atom. The van der Waals surface area contributed by atoms with Gasteiger partial charge in [-0.15, -0.1) is 0 Å². The number of amides is 1. The highest BCUT2D eigenvalue weighted by molar-refractivity contribution is 9.10. The van der Waals surface area contributed by atoms with Gasteiger partial charge in [0.05, 0.1) is 0 Å². The molecule has 1 amide bonds. The molecule has 0 aliphatic carbocycles. The molecule has 7 heteroatoms. The van der Waals surface area contributed by atoms with Gasteiger partial charge in [0.25, 0.3) is 5.56 Å². The third-order valence-corrected chi connectivity index (χ3v) is 3.60. The van der Waals surface area contributed by atoms with E-state index in [9.17, 15) is 14.4 Å². The molecule has 0 atom stereocenters. The molecule has 2 N–H and O–H groups in total. The molecule has 1 heterocycles. The van der Waals surface area contributed by atoms with E-state index in [1.807, 2.05) is 0 Å². The Balaban J connectivity index is 1.92. The summed E-state index contributed by atoms with van der Waals surface area (Å²) >= 11 is 8.95. The van der Waals surface area contributed by atoms with Crippen LogP contribution in [0, 0.1) is 0 Å². The standard InChI is InChI=1S/C15H12BrClN2O3/c16-10-7-12(15(22)18-8-10)19-14(21)6-5-13(20)9-1-3-11(17)4-2-9/h1-4,7-8H,5-6H2,(H,18,22)(H,19,21). The average molecular weight is 384 g/mol. The molecule has 2 aromatic rings. The van der Waals surface area contributed by atoms with Crippen LogP contribution < -0.4 is 10.9 Å². The highest BCUT2D eigenvalue weighted by atomic mass is 79.9. The van der Waals surface area contributed by atoms with E-state index in [0.717, 1.165) is 0 Å². The van der Waals surface area contributed by atoms with Crippen LogP contribution in [0.3, 0.4) is 0 Å². The number of aromatic amines is 1. The molecule has 0 aliphatic rings. The van der Waals surface area contributed by atoms with Crippen molar-refractivity contribution >= 4 is 44.9 Å². The molecule has 0 aliphatic heterocycles. The second-order valence-electron chi connectivity index (χ2n) is 4.54. The number of Topliss-reactive ketones (excluding diaryl/α,β-unsaturated/α-hetero) is 1. The smallest absolute Gasteiger partial charge is 0.271 e. The molecule has 0 saturated carbocycles. The second-order valence-corrected chi connectivity index (χ2v) is 5.89. The number of rotatable bonds is 5. The van der Waals surface area contributed by atoms with Gasteiger partial charge in [-0.2, -0.15) is 0 Å². The van der Waals surface area contributed by atoms with Crippen LogP contribution >= 0.6 is 27.5 Å². The summed E-state index contributed by atoms with van der Waals surface area (Å²) in [5.41, 5.74) is 0.233. The number of H-pyrrole nitrogens is 1. The van der Waals surface area contributed by atoms with E-state index in [-0.39, 0.29) is 24.3 Å². The Hall–Kier alpha value is -1.92. The summed E-state index contributed by atoms with van der Waals surface area (Å²) < 4.78 is 0.639. The zero-order valence-corrected chi connectivity index (χ0v) is 13.7. The van der Waals surface area contributed by atoms with Crippen molar-refractivity contribution in [3.63, 3.8) is 0 Å². The molecule has 22 heavy (non-hydrogen) atoms. The number of benzene rings is 1. The number of pyridine rings is 1. The van der Waals surface area contributed by atoms with Crippen LogP contribution in [0.2, 0.25) is 5.02 Å². The molecule has 0 unspecified atom stereocenters. The van der Waals surface area contributed by atoms with Gasteiger partial charge in [-0.1, -0.05) is 11.6 Å². The highest BCUT2D eigenvalue weighted by Gasteiger charge is 2.11. The van der Waals surface area contributed by atoms with Gasteiger partial charge in [0.2, 0.25) is 5.91 Å². The maximum Gasteiger partial charge on any atom is 0.271 e. The molecule has 114 valence electrons. The quantitative estimate of drug-likeness (QED) is 0.777. The van der Waals surface area contributed by atoms with Crippen molar-refractivity contribution in [2.75, 3.05) is 5.32 Å². The van der Waals surface area contributed by atoms with Crippen LogP contribution in [0.1, 0.15) is 23.2 Å². The fourth-order valence-electron chi connectivity index (χ4n) is 1.77. The minimum Gasteiger partial charge on any atom is -0.326 e. The van der Waals surface area contributed by atoms with E-state index in [1.54, 1.807) is 24.3 Å². The number of anilines is 1. The van der Waals surface area contributed by atoms with Crippen LogP contribution in [0.25, 0.3) is 0 Å². The highest BCUT2D eigenvalue weighted by Crippen LogP contribution is 2.13. The molecule has 0 fully saturated rings. The first-order valence-corrected chi connectivity index (χ1v) is 7.59. The predicted molar refractivity (Wildman–Crippen MR) is 88.4 cm³/mol. The number of carbonyl (C=O) groups is 2. The number of hydrogen-bond donors (Lipinski definition) is 2. The molecule has 0 radical (unpaired) electrons. The van der Waals surface area contributed by atoms with E-state index in [1.165, 1.54) is 12.3 Å². The molecule has 1 aromatic heterocycles. The molecule has 0 bridgehead atoms. The summed E-state index contributed by atoms with van der Waals surface area (Å²) in [7, 11) is 0. The average Bonchev–Trinajstić information content (AvgIpc) is 2.49. The molecule has 1 aromatic carbocycles. The minimum absolute atomic E-state index is 0.00653. The summed E-state index contributed by atoms with van der Waals surface area (Å²) in [5.74, 6) is -0.555. The third kappa shape index (κ3) is 4.54. The Morgan fingerprint density at radius 3 is 2.55 bits per heavy atom. The van der Waals surface area contributed by atoms with E-state index < -0.39 is 11.5 Å². The normalized spacial score (nSPS) is 10.3. The number of hydrogen-bond acceptors (Lipinski definition) is 3. The van der Waals surface area contributed by atoms with Gasteiger partial charge in [-0.05, 0) is 46.3 Å². The van der Waals surface area contributed by atoms with Gasteiger partial charge < -0.3 is 10.3 Å². The van der Waals surface area contributed by atoms with Crippen LogP contribution in [0.5, 0.6) is 0 Å². The Morgan fingerprint density at radius 1 is 1.18 bits per heavy atom. The number of aromatic nitrogens is 1. The third-order valence-electron chi connectivity index (χ3n) is 2.89. The lowest BCUT2D eigenvalue weighted by molar-refractivity contribution is -0.116. The maximum atomic E-state index is 11.9. The molecule has 0 spiro atoms. The number of carbonyl (C=O) groups excluding carboxylic acids is 2. The van der Waals surface area contributed by atoms with E-state index in [0.29, 0.717) is 15.1 Å². The van der Waals surface area contributed by atoms with Gasteiger partial charge in [-0.3, -0.25) is 14.4 Å². The first-order valence-electron chi connectivity index (χ1n) is 6.42. The van der Waals surface area contributed by atoms with Crippen LogP contribution in [-0.4, -0.2) is 16.7 Å². The molecule has 2 rings (SSSR count). The van der Waals surface area contributed by atoms with Crippen LogP contribution in [0.15, 0.2) is 45.8 Å². The number of halogens is 2. The number of ketones is 1. The first-order chi connectivity index (χ1) is 10.5. The summed E-state index contributed by atoms with van der Waals surface area (Å²) in [6, 6.07) is 7.96. The van der Waals surface area contributed by atoms with Gasteiger partial charge in [0.15, 0.2) is 5.78 Å². The predicted octanol–water partition coefficient (Wildman–Crippen LogP) is 3.39. The lowest BCUT2D eigenvalue weighted by Crippen LogP contribution is -2.20. The van der Waals surface area contributed by atoms with Crippen LogP contribution in [-0.2, 0) is 4.79 Å². The second kappa shape index (κ2) is 7.38. The zero-order chi connectivity index (χ0) is 16.1. The lowest BCUT2D eigenvalue weighted by Gasteiger charge is -2.05. The van der Waals surface area contributed by atoms with Gasteiger partial charge >= 0.3 is 0 Å². The summed E-state index contributed by atoms with van der Waals surface area (Å²) in [4.78, 5) is 37.7. The Labute approximate surface area is 139 Å². The summed E-state index contributed by atoms with van der Waals surface area (Å²) in [6.45, 7) is 0. The topological polar surface area (TPSA) is 79.0 Å². The molecule has 0 saturated heterocycles. The SMILES string of the molecule is O=C(CCC(=O)c1ccc(Cl)cc1)Nc1cc(Br)c[nH]c1=O. The van der Waals surface area contributed by atoms with Crippen molar-refractivity contribution in [1.82, 2.24) is 4.98 Å². The number of nitrogens with one attached hydrogen (secondary N) is 2. The van der Waals surface area contributed by atoms with E-state index >= 15 is 0 Å². The maximum absolute atomic E-state index is 11.9. The Kier molecular flexibility index (Phi) is 5.51. The van der Waals surface area contributed by atoms with Gasteiger partial charge in [-0.25, -0.2) is 0 Å². The minimum atomic E-state index is -0.402.